The molecule has 0 amide bonds. The molecule has 0 bridgehead atoms. The first-order chi connectivity index (χ1) is 9.31. The first kappa shape index (κ1) is 12.2. The molecule has 0 radical (unpaired) electrons. The zero-order valence-electron chi connectivity index (χ0n) is 11.1. The Morgan fingerprint density at radius 1 is 1.47 bits per heavy atom. The number of ether oxygens (including phenoxy) is 1. The van der Waals surface area contributed by atoms with Crippen molar-refractivity contribution in [2.75, 3.05) is 6.61 Å². The number of nitrogens with two attached hydrogens (primary N) is 1. The van der Waals surface area contributed by atoms with E-state index < -0.39 is 0 Å². The van der Waals surface area contributed by atoms with Gasteiger partial charge in [0.1, 0.15) is 11.6 Å². The zero-order chi connectivity index (χ0) is 13.2. The molecule has 0 saturated heterocycles. The molecule has 1 aliphatic heterocycles. The fraction of sp³-hybridized carbons (Fsp3) is 0.400. The van der Waals surface area contributed by atoms with Gasteiger partial charge in [-0.3, -0.25) is 0 Å². The van der Waals surface area contributed by atoms with Gasteiger partial charge >= 0.3 is 0 Å². The van der Waals surface area contributed by atoms with Crippen molar-refractivity contribution in [3.8, 4) is 5.75 Å². The molecule has 2 heterocycles. The number of aromatic nitrogens is 2. The van der Waals surface area contributed by atoms with Crippen LogP contribution in [0.3, 0.4) is 0 Å². The predicted molar refractivity (Wildman–Crippen MR) is 74.1 cm³/mol. The summed E-state index contributed by atoms with van der Waals surface area (Å²) in [6.45, 7) is 3.75. The van der Waals surface area contributed by atoms with E-state index in [-0.39, 0.29) is 12.0 Å². The van der Waals surface area contributed by atoms with E-state index in [0.29, 0.717) is 6.61 Å². The van der Waals surface area contributed by atoms with Gasteiger partial charge in [0.25, 0.3) is 0 Å². The van der Waals surface area contributed by atoms with Gasteiger partial charge in [0, 0.05) is 30.4 Å². The van der Waals surface area contributed by atoms with Crippen LogP contribution in [0.4, 0.5) is 0 Å². The van der Waals surface area contributed by atoms with Crippen molar-refractivity contribution in [2.45, 2.75) is 31.8 Å². The molecule has 0 aliphatic carbocycles. The molecule has 2 N–H and O–H groups in total. The highest BCUT2D eigenvalue weighted by Gasteiger charge is 2.31. The van der Waals surface area contributed by atoms with E-state index >= 15 is 0 Å². The number of fused-ring (bicyclic) bond motifs is 1. The van der Waals surface area contributed by atoms with E-state index in [9.17, 15) is 0 Å². The SMILES string of the molecule is CCCn1ccnc1C(N)C1COc2ccccc21. The third-order valence-electron chi connectivity index (χ3n) is 3.68. The first-order valence-corrected chi connectivity index (χ1v) is 6.79. The second-order valence-corrected chi connectivity index (χ2v) is 4.96. The molecule has 0 spiro atoms. The molecule has 2 unspecified atom stereocenters. The van der Waals surface area contributed by atoms with Crippen molar-refractivity contribution in [1.29, 1.82) is 0 Å². The third kappa shape index (κ3) is 2.12. The van der Waals surface area contributed by atoms with Gasteiger partial charge in [-0.2, -0.15) is 0 Å². The smallest absolute Gasteiger partial charge is 0.126 e. The van der Waals surface area contributed by atoms with Crippen LogP contribution in [0.1, 0.15) is 36.7 Å². The molecule has 2 atom stereocenters. The van der Waals surface area contributed by atoms with Gasteiger partial charge in [0.2, 0.25) is 0 Å². The Labute approximate surface area is 113 Å². The Bertz CT molecular complexity index is 564. The normalized spacial score (nSPS) is 18.9. The van der Waals surface area contributed by atoms with Crippen molar-refractivity contribution < 1.29 is 4.74 Å². The van der Waals surface area contributed by atoms with Crippen LogP contribution in [-0.2, 0) is 6.54 Å². The maximum absolute atomic E-state index is 6.43. The number of aryl methyl sites for hydroxylation is 1. The lowest BCUT2D eigenvalue weighted by Crippen LogP contribution is -2.24. The van der Waals surface area contributed by atoms with Crippen LogP contribution in [0.2, 0.25) is 0 Å². The lowest BCUT2D eigenvalue weighted by molar-refractivity contribution is 0.310. The van der Waals surface area contributed by atoms with Crippen LogP contribution >= 0.6 is 0 Å². The molecule has 19 heavy (non-hydrogen) atoms. The zero-order valence-corrected chi connectivity index (χ0v) is 11.1. The van der Waals surface area contributed by atoms with Gasteiger partial charge in [-0.25, -0.2) is 4.98 Å². The highest BCUT2D eigenvalue weighted by molar-refractivity contribution is 5.41. The van der Waals surface area contributed by atoms with Gasteiger partial charge in [0.15, 0.2) is 0 Å². The molecule has 0 fully saturated rings. The molecule has 100 valence electrons. The summed E-state index contributed by atoms with van der Waals surface area (Å²) in [5.41, 5.74) is 7.62. The molecule has 3 rings (SSSR count). The van der Waals surface area contributed by atoms with E-state index in [1.54, 1.807) is 0 Å². The number of rotatable bonds is 4. The molecule has 1 aromatic heterocycles. The molecule has 4 heteroatoms. The second-order valence-electron chi connectivity index (χ2n) is 4.96. The lowest BCUT2D eigenvalue weighted by atomic mass is 9.93. The summed E-state index contributed by atoms with van der Waals surface area (Å²) in [7, 11) is 0. The van der Waals surface area contributed by atoms with Crippen LogP contribution < -0.4 is 10.5 Å². The lowest BCUT2D eigenvalue weighted by Gasteiger charge is -2.19. The number of imidazole rings is 1. The second kappa shape index (κ2) is 5.05. The van der Waals surface area contributed by atoms with Gasteiger partial charge in [0.05, 0.1) is 12.6 Å². The number of hydrogen-bond acceptors (Lipinski definition) is 3. The Morgan fingerprint density at radius 2 is 2.32 bits per heavy atom. The third-order valence-corrected chi connectivity index (χ3v) is 3.68. The fourth-order valence-electron chi connectivity index (χ4n) is 2.71. The Hall–Kier alpha value is -1.81. The van der Waals surface area contributed by atoms with Gasteiger partial charge in [-0.05, 0) is 12.5 Å². The van der Waals surface area contributed by atoms with Crippen LogP contribution in [0.15, 0.2) is 36.7 Å². The van der Waals surface area contributed by atoms with Crippen molar-refractivity contribution in [2.24, 2.45) is 5.73 Å². The van der Waals surface area contributed by atoms with Crippen molar-refractivity contribution in [3.05, 3.63) is 48.0 Å². The van der Waals surface area contributed by atoms with Gasteiger partial charge in [-0.1, -0.05) is 25.1 Å². The number of benzene rings is 1. The molecular weight excluding hydrogens is 238 g/mol. The van der Waals surface area contributed by atoms with Crippen LogP contribution in [0, 0.1) is 0 Å². The van der Waals surface area contributed by atoms with Crippen molar-refractivity contribution in [3.63, 3.8) is 0 Å². The maximum atomic E-state index is 6.43. The molecule has 0 saturated carbocycles. The van der Waals surface area contributed by atoms with E-state index in [1.807, 2.05) is 30.6 Å². The molecule has 1 aliphatic rings. The van der Waals surface area contributed by atoms with Crippen LogP contribution in [-0.4, -0.2) is 16.2 Å². The summed E-state index contributed by atoms with van der Waals surface area (Å²) in [6.07, 6.45) is 4.90. The molecule has 1 aromatic carbocycles. The minimum atomic E-state index is -0.120. The van der Waals surface area contributed by atoms with Crippen LogP contribution in [0.5, 0.6) is 5.75 Å². The fourth-order valence-corrected chi connectivity index (χ4v) is 2.71. The Morgan fingerprint density at radius 3 is 3.16 bits per heavy atom. The highest BCUT2D eigenvalue weighted by Crippen LogP contribution is 2.39. The first-order valence-electron chi connectivity index (χ1n) is 6.79. The Balaban J connectivity index is 1.89. The van der Waals surface area contributed by atoms with E-state index in [2.05, 4.69) is 22.5 Å². The minimum Gasteiger partial charge on any atom is -0.493 e. The quantitative estimate of drug-likeness (QED) is 0.915. The van der Waals surface area contributed by atoms with Crippen molar-refractivity contribution >= 4 is 0 Å². The molecular formula is C15H19N3O. The summed E-state index contributed by atoms with van der Waals surface area (Å²) in [5, 5.41) is 0. The minimum absolute atomic E-state index is 0.120. The highest BCUT2D eigenvalue weighted by atomic mass is 16.5. The predicted octanol–water partition coefficient (Wildman–Crippen LogP) is 2.47. The van der Waals surface area contributed by atoms with E-state index in [0.717, 1.165) is 24.5 Å². The standard InChI is InChI=1S/C15H19N3O/c1-2-8-18-9-7-17-15(18)14(16)12-10-19-13-6-4-3-5-11(12)13/h3-7,9,12,14H,2,8,10,16H2,1H3. The largest absolute Gasteiger partial charge is 0.493 e. The molecule has 4 nitrogen and oxygen atoms in total. The monoisotopic (exact) mass is 257 g/mol. The average molecular weight is 257 g/mol. The summed E-state index contributed by atoms with van der Waals surface area (Å²) in [4.78, 5) is 4.43. The summed E-state index contributed by atoms with van der Waals surface area (Å²) in [6, 6.07) is 8.00. The van der Waals surface area contributed by atoms with Gasteiger partial charge in [-0.15, -0.1) is 0 Å². The van der Waals surface area contributed by atoms with Crippen molar-refractivity contribution in [1.82, 2.24) is 9.55 Å². The topological polar surface area (TPSA) is 53.1 Å². The summed E-state index contributed by atoms with van der Waals surface area (Å²) < 4.78 is 7.86. The number of para-hydroxylation sites is 1. The Kier molecular flexibility index (Phi) is 3.25. The summed E-state index contributed by atoms with van der Waals surface area (Å²) >= 11 is 0. The van der Waals surface area contributed by atoms with Crippen LogP contribution in [0.25, 0.3) is 0 Å². The van der Waals surface area contributed by atoms with E-state index in [4.69, 9.17) is 10.5 Å². The average Bonchev–Trinajstić information content (AvgIpc) is 3.04. The maximum Gasteiger partial charge on any atom is 0.126 e. The van der Waals surface area contributed by atoms with E-state index in [1.165, 1.54) is 5.56 Å². The van der Waals surface area contributed by atoms with Gasteiger partial charge < -0.3 is 15.0 Å². The summed E-state index contributed by atoms with van der Waals surface area (Å²) in [5.74, 6) is 2.10. The number of nitrogens with zero attached hydrogens (tertiary/aromatic N) is 2. The molecule has 2 aromatic rings. The number of hydrogen-bond donors (Lipinski definition) is 1.